The molecule has 3 rings (SSSR count). The molecule has 1 heterocycles. The van der Waals surface area contributed by atoms with Crippen LogP contribution in [0.4, 0.5) is 11.4 Å². The van der Waals surface area contributed by atoms with E-state index in [0.717, 1.165) is 9.87 Å². The highest BCUT2D eigenvalue weighted by atomic mass is 35.5. The average Bonchev–Trinajstić information content (AvgIpc) is 2.74. The number of aromatic nitrogens is 1. The van der Waals surface area contributed by atoms with Gasteiger partial charge in [0.1, 0.15) is 0 Å². The van der Waals surface area contributed by atoms with Gasteiger partial charge in [-0.2, -0.15) is 8.42 Å². The van der Waals surface area contributed by atoms with Gasteiger partial charge in [-0.25, -0.2) is 9.83 Å². The molecule has 0 saturated heterocycles. The highest BCUT2D eigenvalue weighted by Gasteiger charge is 2.24. The Morgan fingerprint density at radius 3 is 2.38 bits per heavy atom. The Bertz CT molecular complexity index is 1190. The van der Waals surface area contributed by atoms with E-state index in [2.05, 4.69) is 9.83 Å². The summed E-state index contributed by atoms with van der Waals surface area (Å²) in [4.78, 5) is 19.9. The summed E-state index contributed by atoms with van der Waals surface area (Å²) in [5.41, 5.74) is 1.90. The minimum atomic E-state index is -3.95. The number of benzene rings is 2. The molecule has 8 heteroatoms. The topological polar surface area (TPSA) is 71.7 Å². The second-order valence-corrected chi connectivity index (χ2v) is 8.56. The van der Waals surface area contributed by atoms with Gasteiger partial charge >= 0.3 is 0 Å². The van der Waals surface area contributed by atoms with Crippen LogP contribution in [0.25, 0.3) is 4.85 Å². The van der Waals surface area contributed by atoms with Crippen molar-refractivity contribution in [3.8, 4) is 0 Å². The van der Waals surface area contributed by atoms with E-state index in [4.69, 9.17) is 18.2 Å². The first-order chi connectivity index (χ1) is 13.8. The molecule has 0 spiro atoms. The van der Waals surface area contributed by atoms with Crippen molar-refractivity contribution >= 4 is 38.8 Å². The summed E-state index contributed by atoms with van der Waals surface area (Å²) in [5.74, 6) is -0.242. The van der Waals surface area contributed by atoms with Crippen LogP contribution in [0.5, 0.6) is 0 Å². The fourth-order valence-corrected chi connectivity index (χ4v) is 3.91. The smallest absolute Gasteiger partial charge is 0.281 e. The van der Waals surface area contributed by atoms with Crippen LogP contribution in [0.15, 0.2) is 71.9 Å². The molecule has 0 aliphatic carbocycles. The van der Waals surface area contributed by atoms with Gasteiger partial charge in [0.2, 0.25) is 0 Å². The Morgan fingerprint density at radius 1 is 1.10 bits per heavy atom. The zero-order chi connectivity index (χ0) is 21.0. The number of nitrogens with zero attached hydrogens (tertiary/aromatic N) is 3. The predicted molar refractivity (Wildman–Crippen MR) is 112 cm³/mol. The second-order valence-electron chi connectivity index (χ2n) is 6.21. The molecule has 0 atom stereocenters. The summed E-state index contributed by atoms with van der Waals surface area (Å²) in [6, 6.07) is 15.8. The lowest BCUT2D eigenvalue weighted by atomic mass is 10.0. The molecule has 0 amide bonds. The second kappa shape index (κ2) is 8.43. The van der Waals surface area contributed by atoms with Gasteiger partial charge in [0, 0.05) is 30.3 Å². The Morgan fingerprint density at radius 2 is 1.76 bits per heavy atom. The number of sulfonamides is 1. The van der Waals surface area contributed by atoms with E-state index in [-0.39, 0.29) is 22.8 Å². The number of Topliss-reactive ketones (excluding diaryl/α,β-unsaturated/α-hetero) is 1. The van der Waals surface area contributed by atoms with Gasteiger partial charge in [-0.3, -0.25) is 9.10 Å². The maximum absolute atomic E-state index is 12.9. The van der Waals surface area contributed by atoms with Crippen LogP contribution < -0.4 is 4.31 Å². The largest absolute Gasteiger partial charge is 0.294 e. The quantitative estimate of drug-likeness (QED) is 0.429. The summed E-state index contributed by atoms with van der Waals surface area (Å²) < 4.78 is 26.9. The van der Waals surface area contributed by atoms with E-state index in [1.54, 1.807) is 48.5 Å². The lowest BCUT2D eigenvalue weighted by Gasteiger charge is -2.19. The summed E-state index contributed by atoms with van der Waals surface area (Å²) in [6.07, 6.45) is 1.40. The van der Waals surface area contributed by atoms with E-state index in [9.17, 15) is 13.2 Å². The molecule has 0 saturated carbocycles. The molecular formula is C21H16ClN3O3S. The minimum absolute atomic E-state index is 0.0921. The molecule has 2 aromatic carbocycles. The van der Waals surface area contributed by atoms with Gasteiger partial charge in [0.05, 0.1) is 12.3 Å². The van der Waals surface area contributed by atoms with Crippen LogP contribution in [0, 0.1) is 6.57 Å². The van der Waals surface area contributed by atoms with E-state index in [0.29, 0.717) is 16.4 Å². The first kappa shape index (κ1) is 20.5. The van der Waals surface area contributed by atoms with Crippen molar-refractivity contribution in [1.29, 1.82) is 0 Å². The number of hydrogen-bond donors (Lipinski definition) is 0. The van der Waals surface area contributed by atoms with Crippen LogP contribution in [-0.2, 0) is 16.4 Å². The van der Waals surface area contributed by atoms with E-state index >= 15 is 0 Å². The van der Waals surface area contributed by atoms with Crippen molar-refractivity contribution in [3.63, 3.8) is 0 Å². The molecule has 0 bridgehead atoms. The number of carbonyl (C=O) groups is 1. The van der Waals surface area contributed by atoms with Gasteiger partial charge < -0.3 is 0 Å². The molecule has 0 unspecified atom stereocenters. The molecule has 0 aliphatic rings. The number of halogens is 1. The molecule has 146 valence electrons. The number of ketones is 1. The van der Waals surface area contributed by atoms with Crippen molar-refractivity contribution in [2.45, 2.75) is 11.4 Å². The maximum Gasteiger partial charge on any atom is 0.281 e. The van der Waals surface area contributed by atoms with Gasteiger partial charge in [-0.05, 0) is 42.0 Å². The molecule has 6 nitrogen and oxygen atoms in total. The fourth-order valence-electron chi connectivity index (χ4n) is 2.63. The van der Waals surface area contributed by atoms with Gasteiger partial charge in [0.15, 0.2) is 16.5 Å². The Balaban J connectivity index is 1.84. The molecule has 0 aliphatic heterocycles. The molecule has 1 aromatic heterocycles. The van der Waals surface area contributed by atoms with Crippen molar-refractivity contribution in [2.75, 3.05) is 11.4 Å². The zero-order valence-electron chi connectivity index (χ0n) is 15.4. The molecule has 0 fully saturated rings. The van der Waals surface area contributed by atoms with E-state index < -0.39 is 10.0 Å². The van der Waals surface area contributed by atoms with Crippen molar-refractivity contribution in [3.05, 3.63) is 94.4 Å². The predicted octanol–water partition coefficient (Wildman–Crippen LogP) is 4.54. The summed E-state index contributed by atoms with van der Waals surface area (Å²) in [6.45, 7) is 6.96. The summed E-state index contributed by atoms with van der Waals surface area (Å²) >= 11 is 5.85. The van der Waals surface area contributed by atoms with Crippen molar-refractivity contribution in [1.82, 2.24) is 4.98 Å². The SMILES string of the molecule is [C-]#[N+]c1ccc(CC(=O)c2ccnc(S(=O)(=O)N(C)c3ccc(Cl)cc3)c2)cc1. The summed E-state index contributed by atoms with van der Waals surface area (Å²) in [5, 5.41) is 0.277. The van der Waals surface area contributed by atoms with Crippen molar-refractivity contribution < 1.29 is 13.2 Å². The molecule has 3 aromatic rings. The van der Waals surface area contributed by atoms with Crippen LogP contribution >= 0.6 is 11.6 Å². The zero-order valence-corrected chi connectivity index (χ0v) is 17.0. The first-order valence-corrected chi connectivity index (χ1v) is 10.3. The Hall–Kier alpha value is -3.21. The first-order valence-electron chi connectivity index (χ1n) is 8.51. The lowest BCUT2D eigenvalue weighted by molar-refractivity contribution is 0.0992. The third kappa shape index (κ3) is 4.62. The van der Waals surface area contributed by atoms with Gasteiger partial charge in [-0.15, -0.1) is 0 Å². The molecule has 0 radical (unpaired) electrons. The van der Waals surface area contributed by atoms with Crippen LogP contribution in [0.2, 0.25) is 5.02 Å². The number of anilines is 1. The van der Waals surface area contributed by atoms with E-state index in [1.165, 1.54) is 25.4 Å². The number of rotatable bonds is 6. The Labute approximate surface area is 174 Å². The lowest BCUT2D eigenvalue weighted by Crippen LogP contribution is -2.27. The molecule has 29 heavy (non-hydrogen) atoms. The normalized spacial score (nSPS) is 10.9. The van der Waals surface area contributed by atoms with Crippen molar-refractivity contribution in [2.24, 2.45) is 0 Å². The highest BCUT2D eigenvalue weighted by molar-refractivity contribution is 7.92. The number of pyridine rings is 1. The van der Waals surface area contributed by atoms with Gasteiger partial charge in [-0.1, -0.05) is 35.9 Å². The standard InChI is InChI=1S/C21H16ClN3O3S/c1-23-18-7-3-15(4-8-18)13-20(26)16-11-12-24-21(14-16)29(27,28)25(2)19-9-5-17(22)6-10-19/h3-12,14H,13H2,2H3. The monoisotopic (exact) mass is 425 g/mol. The highest BCUT2D eigenvalue weighted by Crippen LogP contribution is 2.23. The number of hydrogen-bond acceptors (Lipinski definition) is 4. The average molecular weight is 426 g/mol. The Kier molecular flexibility index (Phi) is 5.97. The third-order valence-corrected chi connectivity index (χ3v) is 6.24. The third-order valence-electron chi connectivity index (χ3n) is 4.30. The van der Waals surface area contributed by atoms with Crippen LogP contribution in [0.3, 0.4) is 0 Å². The molecule has 0 N–H and O–H groups in total. The fraction of sp³-hybridized carbons (Fsp3) is 0.0952. The maximum atomic E-state index is 12.9. The van der Waals surface area contributed by atoms with E-state index in [1.807, 2.05) is 0 Å². The van der Waals surface area contributed by atoms with Crippen LogP contribution in [0.1, 0.15) is 15.9 Å². The summed E-state index contributed by atoms with van der Waals surface area (Å²) in [7, 11) is -2.54. The van der Waals surface area contributed by atoms with Gasteiger partial charge in [0.25, 0.3) is 10.0 Å². The number of carbonyl (C=O) groups excluding carboxylic acids is 1. The molecular weight excluding hydrogens is 410 g/mol. The minimum Gasteiger partial charge on any atom is -0.294 e. The van der Waals surface area contributed by atoms with Crippen LogP contribution in [-0.4, -0.2) is 26.2 Å².